The lowest BCUT2D eigenvalue weighted by atomic mass is 10.1. The Bertz CT molecular complexity index is 440. The second kappa shape index (κ2) is 8.59. The van der Waals surface area contributed by atoms with E-state index in [1.807, 2.05) is 6.07 Å². The predicted octanol–water partition coefficient (Wildman–Crippen LogP) is 2.76. The molecule has 0 fully saturated rings. The van der Waals surface area contributed by atoms with Gasteiger partial charge in [-0.3, -0.25) is 4.99 Å². The number of nitrogens with zero attached hydrogens (tertiary/aromatic N) is 2. The van der Waals surface area contributed by atoms with Gasteiger partial charge in [0.05, 0.1) is 6.54 Å². The molecule has 20 heavy (non-hydrogen) atoms. The molecule has 3 N–H and O–H groups in total. The van der Waals surface area contributed by atoms with Crippen molar-refractivity contribution in [3.05, 3.63) is 29.3 Å². The predicted molar refractivity (Wildman–Crippen MR) is 88.4 cm³/mol. The number of likely N-dealkylation sites (N-methyl/N-ethyl adjacent to an activating group) is 1. The van der Waals surface area contributed by atoms with E-state index in [2.05, 4.69) is 55.2 Å². The lowest BCUT2D eigenvalue weighted by Gasteiger charge is -2.14. The Labute approximate surface area is 123 Å². The van der Waals surface area contributed by atoms with Crippen LogP contribution in [0.4, 0.5) is 5.69 Å². The number of aliphatic imine (C=N–C) groups is 1. The first-order valence-electron chi connectivity index (χ1n) is 7.35. The van der Waals surface area contributed by atoms with Crippen molar-refractivity contribution in [2.24, 2.45) is 10.7 Å². The van der Waals surface area contributed by atoms with E-state index < -0.39 is 0 Å². The van der Waals surface area contributed by atoms with Gasteiger partial charge in [-0.1, -0.05) is 19.4 Å². The van der Waals surface area contributed by atoms with Crippen molar-refractivity contribution < 1.29 is 0 Å². The average Bonchev–Trinajstić information content (AvgIpc) is 2.40. The summed E-state index contributed by atoms with van der Waals surface area (Å²) in [5, 5.41) is 3.14. The second-order valence-electron chi connectivity index (χ2n) is 5.35. The zero-order valence-corrected chi connectivity index (χ0v) is 13.2. The number of anilines is 1. The monoisotopic (exact) mass is 276 g/mol. The molecule has 0 aliphatic carbocycles. The summed E-state index contributed by atoms with van der Waals surface area (Å²) in [5.41, 5.74) is 9.43. The van der Waals surface area contributed by atoms with Gasteiger partial charge in [-0.2, -0.15) is 0 Å². The van der Waals surface area contributed by atoms with Gasteiger partial charge in [-0.25, -0.2) is 0 Å². The van der Waals surface area contributed by atoms with Crippen LogP contribution in [-0.2, 0) is 0 Å². The maximum atomic E-state index is 5.90. The molecule has 0 saturated heterocycles. The molecular formula is C16H28N4. The van der Waals surface area contributed by atoms with Crippen molar-refractivity contribution in [1.29, 1.82) is 0 Å². The van der Waals surface area contributed by atoms with Crippen LogP contribution in [0.1, 0.15) is 30.9 Å². The van der Waals surface area contributed by atoms with Gasteiger partial charge in [0.15, 0.2) is 5.96 Å². The Hall–Kier alpha value is -1.55. The van der Waals surface area contributed by atoms with E-state index in [1.54, 1.807) is 0 Å². The molecular weight excluding hydrogens is 248 g/mol. The Kier molecular flexibility index (Phi) is 7.09. The fourth-order valence-corrected chi connectivity index (χ4v) is 1.89. The molecule has 0 aromatic heterocycles. The van der Waals surface area contributed by atoms with Gasteiger partial charge in [0.2, 0.25) is 0 Å². The summed E-state index contributed by atoms with van der Waals surface area (Å²) in [7, 11) is 2.12. The zero-order valence-electron chi connectivity index (χ0n) is 13.2. The summed E-state index contributed by atoms with van der Waals surface area (Å²) >= 11 is 0. The Balaban J connectivity index is 2.39. The van der Waals surface area contributed by atoms with Crippen LogP contribution in [-0.4, -0.2) is 37.5 Å². The maximum Gasteiger partial charge on any atom is 0.193 e. The number of nitrogens with two attached hydrogens (primary N) is 1. The average molecular weight is 276 g/mol. The smallest absolute Gasteiger partial charge is 0.193 e. The van der Waals surface area contributed by atoms with E-state index in [9.17, 15) is 0 Å². The molecule has 4 nitrogen and oxygen atoms in total. The van der Waals surface area contributed by atoms with Crippen LogP contribution in [0.15, 0.2) is 23.2 Å². The summed E-state index contributed by atoms with van der Waals surface area (Å²) in [4.78, 5) is 6.65. The Morgan fingerprint density at radius 2 is 2.00 bits per heavy atom. The molecule has 0 radical (unpaired) electrons. The summed E-state index contributed by atoms with van der Waals surface area (Å²) < 4.78 is 0. The SMILES string of the molecule is CCCCN(C)CCN=C(N)Nc1ccc(C)c(C)c1. The number of nitrogens with one attached hydrogen (secondary N) is 1. The number of rotatable bonds is 7. The van der Waals surface area contributed by atoms with Crippen LogP contribution in [0.25, 0.3) is 0 Å². The number of unbranched alkanes of at least 4 members (excludes halogenated alkanes) is 1. The fourth-order valence-electron chi connectivity index (χ4n) is 1.89. The van der Waals surface area contributed by atoms with Crippen molar-refractivity contribution in [2.45, 2.75) is 33.6 Å². The van der Waals surface area contributed by atoms with Gasteiger partial charge in [0.1, 0.15) is 0 Å². The molecule has 1 rings (SSSR count). The summed E-state index contributed by atoms with van der Waals surface area (Å²) in [6.07, 6.45) is 2.46. The fraction of sp³-hybridized carbons (Fsp3) is 0.562. The van der Waals surface area contributed by atoms with E-state index in [4.69, 9.17) is 5.73 Å². The number of hydrogen-bond donors (Lipinski definition) is 2. The molecule has 1 aromatic carbocycles. The van der Waals surface area contributed by atoms with E-state index in [-0.39, 0.29) is 0 Å². The normalized spacial score (nSPS) is 11.9. The minimum absolute atomic E-state index is 0.483. The quantitative estimate of drug-likeness (QED) is 0.595. The standard InChI is InChI=1S/C16H28N4/c1-5-6-10-20(4)11-9-18-16(17)19-15-8-7-13(2)14(3)12-15/h7-8,12H,5-6,9-11H2,1-4H3,(H3,17,18,19). The Morgan fingerprint density at radius 1 is 1.25 bits per heavy atom. The highest BCUT2D eigenvalue weighted by molar-refractivity contribution is 5.92. The van der Waals surface area contributed by atoms with E-state index in [1.165, 1.54) is 24.0 Å². The van der Waals surface area contributed by atoms with Gasteiger partial charge in [0.25, 0.3) is 0 Å². The van der Waals surface area contributed by atoms with Crippen molar-refractivity contribution in [3.63, 3.8) is 0 Å². The van der Waals surface area contributed by atoms with Gasteiger partial charge >= 0.3 is 0 Å². The van der Waals surface area contributed by atoms with Crippen molar-refractivity contribution in [3.8, 4) is 0 Å². The molecule has 0 unspecified atom stereocenters. The summed E-state index contributed by atoms with van der Waals surface area (Å²) in [6, 6.07) is 6.20. The van der Waals surface area contributed by atoms with Crippen molar-refractivity contribution in [2.75, 3.05) is 32.0 Å². The van der Waals surface area contributed by atoms with Crippen molar-refractivity contribution in [1.82, 2.24) is 4.90 Å². The second-order valence-corrected chi connectivity index (χ2v) is 5.35. The largest absolute Gasteiger partial charge is 0.370 e. The van der Waals surface area contributed by atoms with Gasteiger partial charge in [-0.05, 0) is 57.1 Å². The topological polar surface area (TPSA) is 53.6 Å². The first-order valence-corrected chi connectivity index (χ1v) is 7.35. The summed E-state index contributed by atoms with van der Waals surface area (Å²) in [6.45, 7) is 9.19. The first kappa shape index (κ1) is 16.5. The van der Waals surface area contributed by atoms with Gasteiger partial charge in [-0.15, -0.1) is 0 Å². The Morgan fingerprint density at radius 3 is 2.65 bits per heavy atom. The first-order chi connectivity index (χ1) is 9.52. The highest BCUT2D eigenvalue weighted by Gasteiger charge is 1.99. The lowest BCUT2D eigenvalue weighted by Crippen LogP contribution is -2.26. The third-order valence-corrected chi connectivity index (χ3v) is 3.44. The molecule has 0 spiro atoms. The van der Waals surface area contributed by atoms with Crippen LogP contribution >= 0.6 is 0 Å². The molecule has 112 valence electrons. The molecule has 0 atom stereocenters. The maximum absolute atomic E-state index is 5.90. The van der Waals surface area contributed by atoms with Crippen LogP contribution in [0.2, 0.25) is 0 Å². The van der Waals surface area contributed by atoms with Crippen molar-refractivity contribution >= 4 is 11.6 Å². The van der Waals surface area contributed by atoms with Crippen LogP contribution < -0.4 is 11.1 Å². The lowest BCUT2D eigenvalue weighted by molar-refractivity contribution is 0.337. The van der Waals surface area contributed by atoms with Crippen LogP contribution in [0.3, 0.4) is 0 Å². The molecule has 0 saturated carbocycles. The number of hydrogen-bond acceptors (Lipinski definition) is 2. The minimum atomic E-state index is 0.483. The number of benzene rings is 1. The molecule has 0 bridgehead atoms. The minimum Gasteiger partial charge on any atom is -0.370 e. The third kappa shape index (κ3) is 6.06. The molecule has 0 amide bonds. The number of aryl methyl sites for hydroxylation is 2. The molecule has 0 aliphatic heterocycles. The molecule has 4 heteroatoms. The third-order valence-electron chi connectivity index (χ3n) is 3.44. The van der Waals surface area contributed by atoms with E-state index in [0.717, 1.165) is 25.3 Å². The molecule has 1 aromatic rings. The van der Waals surface area contributed by atoms with E-state index in [0.29, 0.717) is 5.96 Å². The summed E-state index contributed by atoms with van der Waals surface area (Å²) in [5.74, 6) is 0.483. The van der Waals surface area contributed by atoms with Gasteiger partial charge < -0.3 is 16.0 Å². The van der Waals surface area contributed by atoms with Crippen LogP contribution in [0, 0.1) is 13.8 Å². The number of guanidine groups is 1. The van der Waals surface area contributed by atoms with E-state index >= 15 is 0 Å². The van der Waals surface area contributed by atoms with Crippen LogP contribution in [0.5, 0.6) is 0 Å². The highest BCUT2D eigenvalue weighted by Crippen LogP contribution is 2.13. The van der Waals surface area contributed by atoms with Gasteiger partial charge in [0, 0.05) is 12.2 Å². The zero-order chi connectivity index (χ0) is 15.0. The highest BCUT2D eigenvalue weighted by atomic mass is 15.1. The molecule has 0 heterocycles. The molecule has 0 aliphatic rings.